The lowest BCUT2D eigenvalue weighted by atomic mass is 10.0. The molecular formula is C16H24FN3O2. The standard InChI is InChI=1S/C16H24FN3O2/c1-19(10-11-21)16(22)18-14-6-8-20(9-7-14)12-13-4-2-3-5-15(13)17/h2-5,14,21H,6-12H2,1H3,(H,18,22). The minimum atomic E-state index is -0.163. The van der Waals surface area contributed by atoms with Gasteiger partial charge in [0.25, 0.3) is 0 Å². The molecule has 0 atom stereocenters. The third-order valence-electron chi connectivity index (χ3n) is 4.05. The Hall–Kier alpha value is -1.66. The van der Waals surface area contributed by atoms with Crippen LogP contribution in [-0.4, -0.2) is 60.3 Å². The van der Waals surface area contributed by atoms with Gasteiger partial charge in [-0.1, -0.05) is 18.2 Å². The van der Waals surface area contributed by atoms with Gasteiger partial charge in [0.1, 0.15) is 5.82 Å². The molecule has 5 nitrogen and oxygen atoms in total. The third kappa shape index (κ3) is 4.68. The van der Waals surface area contributed by atoms with Gasteiger partial charge in [-0.15, -0.1) is 0 Å². The van der Waals surface area contributed by atoms with E-state index in [2.05, 4.69) is 10.2 Å². The molecule has 0 spiro atoms. The lowest BCUT2D eigenvalue weighted by Crippen LogP contribution is -2.48. The molecule has 0 saturated carbocycles. The number of carbonyl (C=O) groups is 1. The Morgan fingerprint density at radius 3 is 2.73 bits per heavy atom. The molecule has 0 radical (unpaired) electrons. The summed E-state index contributed by atoms with van der Waals surface area (Å²) >= 11 is 0. The van der Waals surface area contributed by atoms with Crippen molar-refractivity contribution in [3.05, 3.63) is 35.6 Å². The Labute approximate surface area is 130 Å². The monoisotopic (exact) mass is 309 g/mol. The van der Waals surface area contributed by atoms with Gasteiger partial charge in [0, 0.05) is 44.8 Å². The molecule has 0 aromatic heterocycles. The van der Waals surface area contributed by atoms with Gasteiger partial charge >= 0.3 is 6.03 Å². The van der Waals surface area contributed by atoms with E-state index in [0.29, 0.717) is 18.7 Å². The zero-order chi connectivity index (χ0) is 15.9. The van der Waals surface area contributed by atoms with Gasteiger partial charge in [0.05, 0.1) is 6.61 Å². The van der Waals surface area contributed by atoms with E-state index in [1.54, 1.807) is 13.1 Å². The fourth-order valence-electron chi connectivity index (χ4n) is 2.64. The number of nitrogens with zero attached hydrogens (tertiary/aromatic N) is 2. The first-order valence-corrected chi connectivity index (χ1v) is 7.68. The van der Waals surface area contributed by atoms with Gasteiger partial charge in [-0.3, -0.25) is 4.90 Å². The van der Waals surface area contributed by atoms with E-state index in [1.165, 1.54) is 11.0 Å². The average Bonchev–Trinajstić information content (AvgIpc) is 2.51. The van der Waals surface area contributed by atoms with Crippen LogP contribution < -0.4 is 5.32 Å². The summed E-state index contributed by atoms with van der Waals surface area (Å²) in [5.41, 5.74) is 0.715. The maximum absolute atomic E-state index is 13.6. The SMILES string of the molecule is CN(CCO)C(=O)NC1CCN(Cc2ccccc2F)CC1. The quantitative estimate of drug-likeness (QED) is 0.865. The fraction of sp³-hybridized carbons (Fsp3) is 0.562. The second-order valence-corrected chi connectivity index (χ2v) is 5.74. The summed E-state index contributed by atoms with van der Waals surface area (Å²) in [4.78, 5) is 15.5. The van der Waals surface area contributed by atoms with E-state index in [1.807, 2.05) is 12.1 Å². The summed E-state index contributed by atoms with van der Waals surface area (Å²) in [6, 6.07) is 6.84. The van der Waals surface area contributed by atoms with Crippen LogP contribution >= 0.6 is 0 Å². The van der Waals surface area contributed by atoms with Crippen LogP contribution in [-0.2, 0) is 6.54 Å². The summed E-state index contributed by atoms with van der Waals surface area (Å²) in [5, 5.41) is 11.8. The molecule has 1 saturated heterocycles. The van der Waals surface area contributed by atoms with Crippen molar-refractivity contribution >= 4 is 6.03 Å². The number of aliphatic hydroxyl groups excluding tert-OH is 1. The Bertz CT molecular complexity index is 490. The van der Waals surface area contributed by atoms with Crippen LogP contribution in [0.2, 0.25) is 0 Å². The predicted molar refractivity (Wildman–Crippen MR) is 82.9 cm³/mol. The van der Waals surface area contributed by atoms with Crippen molar-refractivity contribution in [3.63, 3.8) is 0 Å². The smallest absolute Gasteiger partial charge is 0.317 e. The number of aliphatic hydroxyl groups is 1. The number of hydrogen-bond acceptors (Lipinski definition) is 3. The number of hydrogen-bond donors (Lipinski definition) is 2. The topological polar surface area (TPSA) is 55.8 Å². The number of amides is 2. The Balaban J connectivity index is 1.76. The Morgan fingerprint density at radius 2 is 2.09 bits per heavy atom. The first kappa shape index (κ1) is 16.7. The molecule has 1 aromatic carbocycles. The van der Waals surface area contributed by atoms with Crippen molar-refractivity contribution in [2.24, 2.45) is 0 Å². The number of nitrogens with one attached hydrogen (secondary N) is 1. The third-order valence-corrected chi connectivity index (χ3v) is 4.05. The van der Waals surface area contributed by atoms with Crippen LogP contribution in [0.3, 0.4) is 0 Å². The molecule has 1 aliphatic rings. The molecular weight excluding hydrogens is 285 g/mol. The zero-order valence-electron chi connectivity index (χ0n) is 13.0. The van der Waals surface area contributed by atoms with E-state index in [9.17, 15) is 9.18 Å². The van der Waals surface area contributed by atoms with E-state index >= 15 is 0 Å². The number of benzene rings is 1. The van der Waals surface area contributed by atoms with Gasteiger partial charge in [-0.25, -0.2) is 9.18 Å². The van der Waals surface area contributed by atoms with Crippen LogP contribution in [0.25, 0.3) is 0 Å². The van der Waals surface area contributed by atoms with Crippen LogP contribution in [0.4, 0.5) is 9.18 Å². The van der Waals surface area contributed by atoms with Gasteiger partial charge in [0.2, 0.25) is 0 Å². The molecule has 122 valence electrons. The number of urea groups is 1. The number of halogens is 1. The maximum atomic E-state index is 13.6. The number of piperidine rings is 1. The molecule has 2 N–H and O–H groups in total. The summed E-state index contributed by atoms with van der Waals surface area (Å²) < 4.78 is 13.6. The van der Waals surface area contributed by atoms with E-state index in [-0.39, 0.29) is 24.5 Å². The van der Waals surface area contributed by atoms with Crippen molar-refractivity contribution in [2.75, 3.05) is 33.3 Å². The number of likely N-dealkylation sites (tertiary alicyclic amines) is 1. The number of carbonyl (C=O) groups excluding carboxylic acids is 1. The van der Waals surface area contributed by atoms with Crippen LogP contribution in [0.1, 0.15) is 18.4 Å². The van der Waals surface area contributed by atoms with Gasteiger partial charge in [-0.05, 0) is 18.9 Å². The van der Waals surface area contributed by atoms with E-state index in [4.69, 9.17) is 5.11 Å². The van der Waals surface area contributed by atoms with Gasteiger partial charge in [-0.2, -0.15) is 0 Å². The number of likely N-dealkylation sites (N-methyl/N-ethyl adjacent to an activating group) is 1. The molecule has 1 fully saturated rings. The van der Waals surface area contributed by atoms with E-state index in [0.717, 1.165) is 25.9 Å². The largest absolute Gasteiger partial charge is 0.395 e. The van der Waals surface area contributed by atoms with Crippen LogP contribution in [0, 0.1) is 5.82 Å². The summed E-state index contributed by atoms with van der Waals surface area (Å²) in [7, 11) is 1.67. The minimum absolute atomic E-state index is 0.0367. The van der Waals surface area contributed by atoms with Crippen molar-refractivity contribution in [3.8, 4) is 0 Å². The average molecular weight is 309 g/mol. The fourth-order valence-corrected chi connectivity index (χ4v) is 2.64. The highest BCUT2D eigenvalue weighted by molar-refractivity contribution is 5.74. The molecule has 2 rings (SSSR count). The molecule has 1 aromatic rings. The maximum Gasteiger partial charge on any atom is 0.317 e. The van der Waals surface area contributed by atoms with Crippen molar-refractivity contribution < 1.29 is 14.3 Å². The molecule has 1 heterocycles. The highest BCUT2D eigenvalue weighted by atomic mass is 19.1. The molecule has 0 unspecified atom stereocenters. The second kappa shape index (κ2) is 8.10. The minimum Gasteiger partial charge on any atom is -0.395 e. The number of rotatable bonds is 5. The zero-order valence-corrected chi connectivity index (χ0v) is 13.0. The summed E-state index contributed by atoms with van der Waals surface area (Å²) in [5.74, 6) is -0.163. The van der Waals surface area contributed by atoms with Crippen molar-refractivity contribution in [1.29, 1.82) is 0 Å². The Kier molecular flexibility index (Phi) is 6.15. The normalized spacial score (nSPS) is 16.5. The van der Waals surface area contributed by atoms with E-state index < -0.39 is 0 Å². The molecule has 1 aliphatic heterocycles. The lowest BCUT2D eigenvalue weighted by Gasteiger charge is -2.33. The first-order valence-electron chi connectivity index (χ1n) is 7.68. The Morgan fingerprint density at radius 1 is 1.41 bits per heavy atom. The van der Waals surface area contributed by atoms with Crippen molar-refractivity contribution in [1.82, 2.24) is 15.1 Å². The van der Waals surface area contributed by atoms with Gasteiger partial charge < -0.3 is 15.3 Å². The highest BCUT2D eigenvalue weighted by Crippen LogP contribution is 2.15. The summed E-state index contributed by atoms with van der Waals surface area (Å²) in [6.45, 7) is 2.58. The van der Waals surface area contributed by atoms with Gasteiger partial charge in [0.15, 0.2) is 0 Å². The summed E-state index contributed by atoms with van der Waals surface area (Å²) in [6.07, 6.45) is 1.71. The molecule has 6 heteroatoms. The molecule has 0 aliphatic carbocycles. The molecule has 2 amide bonds. The predicted octanol–water partition coefficient (Wildman–Crippen LogP) is 1.42. The molecule has 0 bridgehead atoms. The lowest BCUT2D eigenvalue weighted by molar-refractivity contribution is 0.166. The first-order chi connectivity index (χ1) is 10.6. The highest BCUT2D eigenvalue weighted by Gasteiger charge is 2.22. The van der Waals surface area contributed by atoms with Crippen LogP contribution in [0.5, 0.6) is 0 Å². The van der Waals surface area contributed by atoms with Crippen LogP contribution in [0.15, 0.2) is 24.3 Å². The van der Waals surface area contributed by atoms with Crippen molar-refractivity contribution in [2.45, 2.75) is 25.4 Å². The molecule has 22 heavy (non-hydrogen) atoms. The second-order valence-electron chi connectivity index (χ2n) is 5.74.